The van der Waals surface area contributed by atoms with Crippen LogP contribution in [0.15, 0.2) is 5.38 Å². The van der Waals surface area contributed by atoms with E-state index in [-0.39, 0.29) is 0 Å². The van der Waals surface area contributed by atoms with E-state index in [0.717, 1.165) is 59.2 Å². The van der Waals surface area contributed by atoms with E-state index in [1.165, 1.54) is 23.5 Å². The second-order valence-electron chi connectivity index (χ2n) is 7.36. The van der Waals surface area contributed by atoms with Crippen molar-refractivity contribution in [1.82, 2.24) is 14.8 Å². The van der Waals surface area contributed by atoms with Crippen molar-refractivity contribution in [3.8, 4) is 0 Å². The number of aryl methyl sites for hydroxylation is 1. The minimum atomic E-state index is 0.296. The average Bonchev–Trinajstić information content (AvgIpc) is 3.23. The molecule has 128 valence electrons. The van der Waals surface area contributed by atoms with Crippen LogP contribution in [-0.4, -0.2) is 73.4 Å². The number of hydrogen-bond acceptors (Lipinski definition) is 6. The minimum absolute atomic E-state index is 0.296. The van der Waals surface area contributed by atoms with Crippen molar-refractivity contribution in [2.24, 2.45) is 5.41 Å². The Balaban J connectivity index is 1.40. The lowest BCUT2D eigenvalue weighted by molar-refractivity contribution is 0.0683. The van der Waals surface area contributed by atoms with Crippen LogP contribution in [-0.2, 0) is 16.0 Å². The first kappa shape index (κ1) is 16.0. The van der Waals surface area contributed by atoms with Crippen molar-refractivity contribution in [3.63, 3.8) is 0 Å². The van der Waals surface area contributed by atoms with Crippen LogP contribution < -0.4 is 0 Å². The molecular formula is C17H27N3O2S. The van der Waals surface area contributed by atoms with Gasteiger partial charge in [-0.1, -0.05) is 0 Å². The quantitative estimate of drug-likeness (QED) is 0.840. The Hall–Kier alpha value is -0.530. The highest BCUT2D eigenvalue weighted by atomic mass is 32.1. The molecule has 6 heteroatoms. The van der Waals surface area contributed by atoms with Crippen LogP contribution in [0.4, 0.5) is 0 Å². The van der Waals surface area contributed by atoms with Gasteiger partial charge in [-0.05, 0) is 26.3 Å². The molecule has 3 aliphatic rings. The van der Waals surface area contributed by atoms with Gasteiger partial charge in [0.15, 0.2) is 0 Å². The van der Waals surface area contributed by atoms with Crippen LogP contribution in [0.2, 0.25) is 0 Å². The maximum atomic E-state index is 6.00. The van der Waals surface area contributed by atoms with Gasteiger partial charge in [0.25, 0.3) is 0 Å². The lowest BCUT2D eigenvalue weighted by atomic mass is 9.87. The largest absolute Gasteiger partial charge is 0.380 e. The molecule has 0 N–H and O–H groups in total. The van der Waals surface area contributed by atoms with Crippen LogP contribution >= 0.6 is 11.3 Å². The molecule has 0 aromatic carbocycles. The highest BCUT2D eigenvalue weighted by Gasteiger charge is 2.42. The number of hydrogen-bond donors (Lipinski definition) is 0. The van der Waals surface area contributed by atoms with Gasteiger partial charge in [0.1, 0.15) is 0 Å². The van der Waals surface area contributed by atoms with E-state index in [1.807, 2.05) is 0 Å². The summed E-state index contributed by atoms with van der Waals surface area (Å²) in [5.41, 5.74) is 1.52. The number of likely N-dealkylation sites (tertiary alicyclic amines) is 1. The third kappa shape index (κ3) is 3.61. The number of nitrogens with zero attached hydrogens (tertiary/aromatic N) is 3. The topological polar surface area (TPSA) is 37.8 Å². The fourth-order valence-corrected chi connectivity index (χ4v) is 4.87. The van der Waals surface area contributed by atoms with Gasteiger partial charge < -0.3 is 9.47 Å². The Morgan fingerprint density at radius 2 is 2.26 bits per heavy atom. The molecule has 3 fully saturated rings. The second kappa shape index (κ2) is 6.76. The fraction of sp³-hybridized carbons (Fsp3) is 0.824. The molecule has 4 heterocycles. The van der Waals surface area contributed by atoms with Crippen molar-refractivity contribution < 1.29 is 9.47 Å². The smallest absolute Gasteiger partial charge is 0.0897 e. The zero-order chi connectivity index (χ0) is 15.7. The van der Waals surface area contributed by atoms with E-state index >= 15 is 0 Å². The molecule has 0 radical (unpaired) electrons. The van der Waals surface area contributed by atoms with E-state index in [9.17, 15) is 0 Å². The summed E-state index contributed by atoms with van der Waals surface area (Å²) >= 11 is 1.75. The van der Waals surface area contributed by atoms with Crippen molar-refractivity contribution in [2.45, 2.75) is 32.4 Å². The van der Waals surface area contributed by atoms with Gasteiger partial charge in [-0.15, -0.1) is 11.3 Å². The summed E-state index contributed by atoms with van der Waals surface area (Å²) in [5.74, 6) is 0. The van der Waals surface area contributed by atoms with Crippen LogP contribution in [0.1, 0.15) is 23.5 Å². The highest BCUT2D eigenvalue weighted by Crippen LogP contribution is 2.35. The van der Waals surface area contributed by atoms with E-state index < -0.39 is 0 Å². The van der Waals surface area contributed by atoms with Crippen molar-refractivity contribution in [1.29, 1.82) is 0 Å². The molecule has 0 aliphatic carbocycles. The number of aromatic nitrogens is 1. The van der Waals surface area contributed by atoms with Crippen molar-refractivity contribution in [3.05, 3.63) is 16.1 Å². The van der Waals surface area contributed by atoms with Gasteiger partial charge in [0.2, 0.25) is 0 Å². The molecule has 4 rings (SSSR count). The molecule has 3 saturated heterocycles. The molecule has 5 nitrogen and oxygen atoms in total. The van der Waals surface area contributed by atoms with Gasteiger partial charge >= 0.3 is 0 Å². The summed E-state index contributed by atoms with van der Waals surface area (Å²) in [6.45, 7) is 11.2. The summed E-state index contributed by atoms with van der Waals surface area (Å²) in [6, 6.07) is 0.601. The molecule has 0 bridgehead atoms. The minimum Gasteiger partial charge on any atom is -0.380 e. The first-order valence-electron chi connectivity index (χ1n) is 8.75. The number of thiazole rings is 1. The van der Waals surface area contributed by atoms with E-state index in [2.05, 4.69) is 27.1 Å². The van der Waals surface area contributed by atoms with Gasteiger partial charge in [0, 0.05) is 49.6 Å². The fourth-order valence-electron chi connectivity index (χ4n) is 4.27. The highest BCUT2D eigenvalue weighted by molar-refractivity contribution is 7.09. The van der Waals surface area contributed by atoms with Gasteiger partial charge in [-0.25, -0.2) is 4.98 Å². The standard InChI is InChI=1S/C17H27N3O2S/c1-14-18-15(10-23-14)8-19-4-3-17(11-19)12-20(5-7-22-13-17)16-2-6-21-9-16/h10,16H,2-9,11-13H2,1H3/t16-,17-/m1/s1. The first-order valence-corrected chi connectivity index (χ1v) is 9.63. The summed E-state index contributed by atoms with van der Waals surface area (Å²) in [7, 11) is 0. The zero-order valence-electron chi connectivity index (χ0n) is 14.0. The summed E-state index contributed by atoms with van der Waals surface area (Å²) in [6.07, 6.45) is 2.41. The van der Waals surface area contributed by atoms with Crippen molar-refractivity contribution >= 4 is 11.3 Å². The molecule has 0 saturated carbocycles. The average molecular weight is 337 g/mol. The Morgan fingerprint density at radius 1 is 1.30 bits per heavy atom. The van der Waals surface area contributed by atoms with Crippen LogP contribution in [0.5, 0.6) is 0 Å². The SMILES string of the molecule is Cc1nc(CN2CC[C@@]3(COCCN([C@@H]4CCOC4)C3)C2)cs1. The number of rotatable bonds is 3. The summed E-state index contributed by atoms with van der Waals surface area (Å²) in [5, 5.41) is 3.37. The van der Waals surface area contributed by atoms with E-state index in [0.29, 0.717) is 11.5 Å². The predicted molar refractivity (Wildman–Crippen MR) is 90.8 cm³/mol. The van der Waals surface area contributed by atoms with Gasteiger partial charge in [-0.3, -0.25) is 9.80 Å². The predicted octanol–water partition coefficient (Wildman–Crippen LogP) is 1.76. The molecule has 1 aromatic heterocycles. The molecule has 23 heavy (non-hydrogen) atoms. The number of ether oxygens (including phenoxy) is 2. The molecular weight excluding hydrogens is 310 g/mol. The first-order chi connectivity index (χ1) is 11.2. The summed E-state index contributed by atoms with van der Waals surface area (Å²) in [4.78, 5) is 9.82. The third-order valence-corrected chi connectivity index (χ3v) is 6.28. The lowest BCUT2D eigenvalue weighted by Crippen LogP contribution is -2.45. The van der Waals surface area contributed by atoms with Crippen LogP contribution in [0.25, 0.3) is 0 Å². The molecule has 3 aliphatic heterocycles. The summed E-state index contributed by atoms with van der Waals surface area (Å²) < 4.78 is 11.6. The van der Waals surface area contributed by atoms with Crippen molar-refractivity contribution in [2.75, 3.05) is 52.6 Å². The third-order valence-electron chi connectivity index (χ3n) is 5.46. The Morgan fingerprint density at radius 3 is 3.04 bits per heavy atom. The van der Waals surface area contributed by atoms with E-state index in [1.54, 1.807) is 11.3 Å². The lowest BCUT2D eigenvalue weighted by Gasteiger charge is -2.34. The van der Waals surface area contributed by atoms with Gasteiger partial charge in [0.05, 0.1) is 30.5 Å². The maximum absolute atomic E-state index is 6.00. The normalized spacial score (nSPS) is 33.5. The Labute approximate surface area is 142 Å². The molecule has 1 spiro atoms. The van der Waals surface area contributed by atoms with Gasteiger partial charge in [-0.2, -0.15) is 0 Å². The van der Waals surface area contributed by atoms with Crippen LogP contribution in [0, 0.1) is 12.3 Å². The van der Waals surface area contributed by atoms with Crippen LogP contribution in [0.3, 0.4) is 0 Å². The maximum Gasteiger partial charge on any atom is 0.0897 e. The molecule has 0 unspecified atom stereocenters. The monoisotopic (exact) mass is 337 g/mol. The molecule has 2 atom stereocenters. The molecule has 0 amide bonds. The Bertz CT molecular complexity index is 532. The second-order valence-corrected chi connectivity index (χ2v) is 8.42. The van der Waals surface area contributed by atoms with E-state index in [4.69, 9.17) is 9.47 Å². The molecule has 1 aromatic rings. The zero-order valence-corrected chi connectivity index (χ0v) is 14.8. The Kier molecular flexibility index (Phi) is 4.70.